The molecule has 3 aliphatic rings. The number of nitrogens with one attached hydrogen (secondary N) is 2. The van der Waals surface area contributed by atoms with Crippen molar-refractivity contribution in [2.45, 2.75) is 38.6 Å². The van der Waals surface area contributed by atoms with Crippen LogP contribution in [0.3, 0.4) is 0 Å². The number of benzene rings is 1. The number of aromatic amines is 1. The van der Waals surface area contributed by atoms with Gasteiger partial charge in [-0.2, -0.15) is 0 Å². The molecule has 4 aromatic heterocycles. The first-order valence-corrected chi connectivity index (χ1v) is 13.5. The maximum Gasteiger partial charge on any atom is 0.165 e. The van der Waals surface area contributed by atoms with Crippen LogP contribution < -0.4 is 5.32 Å². The molecule has 0 saturated heterocycles. The number of rotatable bonds is 4. The van der Waals surface area contributed by atoms with E-state index in [0.29, 0.717) is 40.0 Å². The first kappa shape index (κ1) is 21.3. The quantitative estimate of drug-likeness (QED) is 0.273. The zero-order chi connectivity index (χ0) is 23.5. The largest absolute Gasteiger partial charge is 0.367 e. The summed E-state index contributed by atoms with van der Waals surface area (Å²) in [4.78, 5) is 23.2. The normalized spacial score (nSPS) is 23.8. The van der Waals surface area contributed by atoms with Crippen molar-refractivity contribution in [3.8, 4) is 22.0 Å². The Hall–Kier alpha value is -3.03. The van der Waals surface area contributed by atoms with Crippen LogP contribution in [0.4, 0.5) is 5.82 Å². The summed E-state index contributed by atoms with van der Waals surface area (Å²) in [6.07, 6.45) is 8.77. The van der Waals surface area contributed by atoms with E-state index in [2.05, 4.69) is 63.6 Å². The number of H-pyrrole nitrogens is 1. The van der Waals surface area contributed by atoms with E-state index < -0.39 is 0 Å². The first-order chi connectivity index (χ1) is 17.1. The fourth-order valence-electron chi connectivity index (χ4n) is 6.09. The summed E-state index contributed by atoms with van der Waals surface area (Å²) in [6, 6.07) is 13.2. The van der Waals surface area contributed by atoms with Gasteiger partial charge in [0.2, 0.25) is 0 Å². The maximum atomic E-state index is 6.18. The molecule has 0 amide bonds. The van der Waals surface area contributed by atoms with Crippen LogP contribution in [-0.2, 0) is 0 Å². The third-order valence-corrected chi connectivity index (χ3v) is 9.27. The molecule has 3 aliphatic carbocycles. The molecule has 6 nitrogen and oxygen atoms in total. The molecular formula is C27H25ClN6S. The molecule has 1 aromatic carbocycles. The van der Waals surface area contributed by atoms with Gasteiger partial charge in [-0.05, 0) is 61.0 Å². The van der Waals surface area contributed by atoms with Gasteiger partial charge in [0, 0.05) is 23.0 Å². The van der Waals surface area contributed by atoms with Gasteiger partial charge in [-0.1, -0.05) is 36.7 Å². The first-order valence-electron chi connectivity index (χ1n) is 12.3. The fraction of sp³-hybridized carbons (Fsp3) is 0.333. The zero-order valence-corrected chi connectivity index (χ0v) is 20.9. The van der Waals surface area contributed by atoms with Crippen LogP contribution in [0.1, 0.15) is 32.6 Å². The van der Waals surface area contributed by atoms with E-state index in [-0.39, 0.29) is 0 Å². The highest BCUT2D eigenvalue weighted by atomic mass is 35.5. The highest BCUT2D eigenvalue weighted by molar-refractivity contribution is 7.22. The summed E-state index contributed by atoms with van der Waals surface area (Å²) in [5.41, 5.74) is 3.07. The molecule has 2 N–H and O–H groups in total. The van der Waals surface area contributed by atoms with Crippen molar-refractivity contribution in [1.29, 1.82) is 0 Å². The monoisotopic (exact) mass is 500 g/mol. The Kier molecular flexibility index (Phi) is 5.03. The van der Waals surface area contributed by atoms with Gasteiger partial charge in [0.15, 0.2) is 11.5 Å². The Morgan fingerprint density at radius 3 is 2.69 bits per heavy atom. The molecule has 5 aromatic rings. The van der Waals surface area contributed by atoms with Crippen molar-refractivity contribution in [1.82, 2.24) is 24.9 Å². The fourth-order valence-corrected chi connectivity index (χ4v) is 7.25. The Labute approximate surface area is 212 Å². The number of hydrogen-bond donors (Lipinski definition) is 2. The Bertz CT molecular complexity index is 1520. The summed E-state index contributed by atoms with van der Waals surface area (Å²) in [7, 11) is 0. The molecule has 0 aliphatic heterocycles. The van der Waals surface area contributed by atoms with E-state index in [9.17, 15) is 0 Å². The highest BCUT2D eigenvalue weighted by Crippen LogP contribution is 2.46. The minimum atomic E-state index is 0.351. The van der Waals surface area contributed by atoms with Crippen LogP contribution >= 0.6 is 22.9 Å². The van der Waals surface area contributed by atoms with Crippen molar-refractivity contribution in [2.24, 2.45) is 17.8 Å². The molecule has 3 saturated carbocycles. The number of thiophene rings is 1. The standard InChI is InChI=1S/C27H25ClN6S/c1-14-15-6-8-16(9-7-15)24(14)33-23-11-19(21-10-17-4-2-3-5-20(17)35-21)31-26(34-23)18-12-29-27-25(18)32-22(28)13-30-27/h2-5,10-16,24H,6-9H2,1H3,(H,29,30)(H,31,33,34)/t14-,15?,16?,24+/m0/s1. The molecule has 0 radical (unpaired) electrons. The van der Waals surface area contributed by atoms with Gasteiger partial charge in [-0.25, -0.2) is 19.9 Å². The van der Waals surface area contributed by atoms with E-state index in [0.717, 1.165) is 27.9 Å². The number of aromatic nitrogens is 5. The summed E-state index contributed by atoms with van der Waals surface area (Å²) in [6.45, 7) is 2.40. The minimum Gasteiger partial charge on any atom is -0.367 e. The van der Waals surface area contributed by atoms with Gasteiger partial charge in [-0.3, -0.25) is 0 Å². The number of anilines is 1. The lowest BCUT2D eigenvalue weighted by molar-refractivity contribution is 0.0928. The lowest BCUT2D eigenvalue weighted by atomic mass is 9.62. The summed E-state index contributed by atoms with van der Waals surface area (Å²) < 4.78 is 1.25. The van der Waals surface area contributed by atoms with Crippen molar-refractivity contribution in [3.05, 3.63) is 53.9 Å². The molecular weight excluding hydrogens is 476 g/mol. The third kappa shape index (κ3) is 3.69. The van der Waals surface area contributed by atoms with E-state index in [1.165, 1.54) is 35.8 Å². The van der Waals surface area contributed by atoms with Gasteiger partial charge in [-0.15, -0.1) is 11.3 Å². The molecule has 35 heavy (non-hydrogen) atoms. The van der Waals surface area contributed by atoms with Crippen molar-refractivity contribution in [3.63, 3.8) is 0 Å². The second-order valence-electron chi connectivity index (χ2n) is 9.91. The highest BCUT2D eigenvalue weighted by Gasteiger charge is 2.41. The van der Waals surface area contributed by atoms with Crippen molar-refractivity contribution < 1.29 is 0 Å². The van der Waals surface area contributed by atoms with Crippen LogP contribution in [0, 0.1) is 17.8 Å². The Morgan fingerprint density at radius 2 is 1.86 bits per heavy atom. The van der Waals surface area contributed by atoms with E-state index in [1.807, 2.05) is 6.20 Å². The summed E-state index contributed by atoms with van der Waals surface area (Å²) in [5.74, 6) is 3.66. The molecule has 4 heterocycles. The van der Waals surface area contributed by atoms with Gasteiger partial charge in [0.05, 0.1) is 22.3 Å². The number of hydrogen-bond acceptors (Lipinski definition) is 6. The Morgan fingerprint density at radius 1 is 1.03 bits per heavy atom. The van der Waals surface area contributed by atoms with Crippen LogP contribution in [0.5, 0.6) is 0 Å². The lowest BCUT2D eigenvalue weighted by Gasteiger charge is -2.47. The predicted octanol–water partition coefficient (Wildman–Crippen LogP) is 7.19. The van der Waals surface area contributed by atoms with E-state index in [4.69, 9.17) is 21.6 Å². The molecule has 8 heteroatoms. The van der Waals surface area contributed by atoms with Crippen molar-refractivity contribution in [2.75, 3.05) is 5.32 Å². The number of nitrogens with zero attached hydrogens (tertiary/aromatic N) is 4. The number of halogens is 1. The number of fused-ring (bicyclic) bond motifs is 5. The Balaban J connectivity index is 1.36. The van der Waals surface area contributed by atoms with E-state index in [1.54, 1.807) is 17.5 Å². The lowest BCUT2D eigenvalue weighted by Crippen LogP contribution is -2.47. The molecule has 0 spiro atoms. The van der Waals surface area contributed by atoms with Crippen LogP contribution in [-0.4, -0.2) is 31.0 Å². The summed E-state index contributed by atoms with van der Waals surface area (Å²) in [5, 5.41) is 5.43. The smallest absolute Gasteiger partial charge is 0.165 e. The average molecular weight is 501 g/mol. The van der Waals surface area contributed by atoms with Crippen molar-refractivity contribution >= 4 is 50.0 Å². The van der Waals surface area contributed by atoms with Crippen LogP contribution in [0.25, 0.3) is 43.2 Å². The van der Waals surface area contributed by atoms with E-state index >= 15 is 0 Å². The molecule has 3 fully saturated rings. The second kappa shape index (κ2) is 8.28. The molecule has 2 atom stereocenters. The molecule has 176 valence electrons. The average Bonchev–Trinajstić information content (AvgIpc) is 3.50. The maximum absolute atomic E-state index is 6.18. The zero-order valence-electron chi connectivity index (χ0n) is 19.3. The van der Waals surface area contributed by atoms with Crippen LogP contribution in [0.15, 0.2) is 48.8 Å². The van der Waals surface area contributed by atoms with Gasteiger partial charge in [0.1, 0.15) is 16.5 Å². The minimum absolute atomic E-state index is 0.351. The van der Waals surface area contributed by atoms with Gasteiger partial charge < -0.3 is 10.3 Å². The molecule has 2 bridgehead atoms. The second-order valence-corrected chi connectivity index (χ2v) is 11.4. The third-order valence-electron chi connectivity index (χ3n) is 7.95. The predicted molar refractivity (Wildman–Crippen MR) is 143 cm³/mol. The molecule has 0 unspecified atom stereocenters. The topological polar surface area (TPSA) is 79.4 Å². The van der Waals surface area contributed by atoms with Gasteiger partial charge >= 0.3 is 0 Å². The van der Waals surface area contributed by atoms with Crippen LogP contribution in [0.2, 0.25) is 5.15 Å². The summed E-state index contributed by atoms with van der Waals surface area (Å²) >= 11 is 7.94. The molecule has 8 rings (SSSR count). The SMILES string of the molecule is C[C@H]1C2CCC(CC2)[C@@H]1Nc1cc(-c2cc3ccccc3s2)nc(-c2c[nH]c3ncc(Cl)nc23)n1. The van der Waals surface area contributed by atoms with Gasteiger partial charge in [0.25, 0.3) is 0 Å².